The van der Waals surface area contributed by atoms with Crippen LogP contribution < -0.4 is 14.8 Å². The summed E-state index contributed by atoms with van der Waals surface area (Å²) in [7, 11) is -2.22. The number of benzene rings is 3. The summed E-state index contributed by atoms with van der Waals surface area (Å²) in [4.78, 5) is 13.7. The standard InChI is InChI=1S/C22H22N2O4S2/c1-15-4-6-17(7-5-15)24-30(26,27)19-11-8-16(9-12-19)23-22(25)20-13-10-18(29-3)14-21(20)28-2/h4-14,24H,1-3H3,(H,23,25). The minimum atomic E-state index is -3.73. The van der Waals surface area contributed by atoms with E-state index in [1.54, 1.807) is 48.2 Å². The predicted molar refractivity (Wildman–Crippen MR) is 121 cm³/mol. The van der Waals surface area contributed by atoms with Crippen molar-refractivity contribution in [2.75, 3.05) is 23.4 Å². The number of sulfonamides is 1. The number of anilines is 2. The van der Waals surface area contributed by atoms with Crippen LogP contribution >= 0.6 is 11.8 Å². The molecule has 0 saturated carbocycles. The van der Waals surface area contributed by atoms with Gasteiger partial charge in [0.25, 0.3) is 15.9 Å². The number of aryl methyl sites for hydroxylation is 1. The van der Waals surface area contributed by atoms with Gasteiger partial charge in [0, 0.05) is 16.3 Å². The highest BCUT2D eigenvalue weighted by Crippen LogP contribution is 2.26. The van der Waals surface area contributed by atoms with Gasteiger partial charge in [-0.25, -0.2) is 8.42 Å². The zero-order valence-electron chi connectivity index (χ0n) is 16.8. The minimum absolute atomic E-state index is 0.1000. The molecule has 3 aromatic rings. The number of hydrogen-bond acceptors (Lipinski definition) is 5. The van der Waals surface area contributed by atoms with Gasteiger partial charge in [0.05, 0.1) is 17.6 Å². The van der Waals surface area contributed by atoms with E-state index in [1.807, 2.05) is 31.4 Å². The number of nitrogens with one attached hydrogen (secondary N) is 2. The summed E-state index contributed by atoms with van der Waals surface area (Å²) < 4.78 is 33.0. The first-order chi connectivity index (χ1) is 14.3. The molecule has 3 rings (SSSR count). The SMILES string of the molecule is COc1cc(SC)ccc1C(=O)Nc1ccc(S(=O)(=O)Nc2ccc(C)cc2)cc1. The maximum atomic E-state index is 12.6. The fourth-order valence-corrected chi connectivity index (χ4v) is 4.23. The lowest BCUT2D eigenvalue weighted by Gasteiger charge is -2.12. The number of thioether (sulfide) groups is 1. The molecule has 0 aliphatic heterocycles. The van der Waals surface area contributed by atoms with Gasteiger partial charge in [0.15, 0.2) is 0 Å². The Hall–Kier alpha value is -2.97. The lowest BCUT2D eigenvalue weighted by molar-refractivity contribution is 0.102. The van der Waals surface area contributed by atoms with Crippen molar-refractivity contribution < 1.29 is 17.9 Å². The maximum Gasteiger partial charge on any atom is 0.261 e. The van der Waals surface area contributed by atoms with Crippen molar-refractivity contribution in [2.45, 2.75) is 16.7 Å². The topological polar surface area (TPSA) is 84.5 Å². The molecule has 1 amide bonds. The molecular formula is C22H22N2O4S2. The minimum Gasteiger partial charge on any atom is -0.496 e. The van der Waals surface area contributed by atoms with Crippen molar-refractivity contribution in [2.24, 2.45) is 0 Å². The highest BCUT2D eigenvalue weighted by molar-refractivity contribution is 7.98. The van der Waals surface area contributed by atoms with Crippen molar-refractivity contribution in [1.82, 2.24) is 0 Å². The zero-order chi connectivity index (χ0) is 21.7. The molecule has 0 heterocycles. The molecule has 2 N–H and O–H groups in total. The van der Waals surface area contributed by atoms with Crippen LogP contribution in [0.25, 0.3) is 0 Å². The van der Waals surface area contributed by atoms with Crippen LogP contribution in [0, 0.1) is 6.92 Å². The number of carbonyl (C=O) groups is 1. The molecule has 0 aromatic heterocycles. The maximum absolute atomic E-state index is 12.6. The van der Waals surface area contributed by atoms with Crippen LogP contribution in [-0.2, 0) is 10.0 Å². The van der Waals surface area contributed by atoms with Gasteiger partial charge < -0.3 is 10.1 Å². The van der Waals surface area contributed by atoms with Crippen molar-refractivity contribution >= 4 is 39.1 Å². The molecule has 0 atom stereocenters. The van der Waals surface area contributed by atoms with E-state index in [4.69, 9.17) is 4.74 Å². The van der Waals surface area contributed by atoms with Gasteiger partial charge in [-0.2, -0.15) is 0 Å². The molecule has 0 spiro atoms. The zero-order valence-corrected chi connectivity index (χ0v) is 18.4. The van der Waals surface area contributed by atoms with Gasteiger partial charge in [0.2, 0.25) is 0 Å². The van der Waals surface area contributed by atoms with Crippen molar-refractivity contribution in [3.05, 3.63) is 77.9 Å². The van der Waals surface area contributed by atoms with Gasteiger partial charge in [-0.1, -0.05) is 17.7 Å². The Morgan fingerprint density at radius 3 is 2.17 bits per heavy atom. The van der Waals surface area contributed by atoms with E-state index >= 15 is 0 Å². The third-order valence-corrected chi connectivity index (χ3v) is 6.50. The Kier molecular flexibility index (Phi) is 6.69. The highest BCUT2D eigenvalue weighted by Gasteiger charge is 2.16. The van der Waals surface area contributed by atoms with E-state index in [2.05, 4.69) is 10.0 Å². The van der Waals surface area contributed by atoms with E-state index in [0.717, 1.165) is 10.5 Å². The molecule has 0 fully saturated rings. The van der Waals surface area contributed by atoms with Crippen LogP contribution in [-0.4, -0.2) is 27.7 Å². The Balaban J connectivity index is 1.74. The summed E-state index contributed by atoms with van der Waals surface area (Å²) in [5.74, 6) is 0.133. The molecule has 0 aliphatic rings. The molecule has 8 heteroatoms. The first-order valence-electron chi connectivity index (χ1n) is 9.05. The first-order valence-corrected chi connectivity index (χ1v) is 11.8. The van der Waals surface area contributed by atoms with E-state index in [-0.39, 0.29) is 10.8 Å². The average molecular weight is 443 g/mol. The van der Waals surface area contributed by atoms with Gasteiger partial charge in [-0.15, -0.1) is 11.8 Å². The van der Waals surface area contributed by atoms with Crippen molar-refractivity contribution in [1.29, 1.82) is 0 Å². The van der Waals surface area contributed by atoms with Gasteiger partial charge >= 0.3 is 0 Å². The summed E-state index contributed by atoms with van der Waals surface area (Å²) in [5, 5.41) is 2.76. The Bertz CT molecular complexity index is 1140. The summed E-state index contributed by atoms with van der Waals surface area (Å²) in [6.45, 7) is 1.93. The molecule has 0 aliphatic carbocycles. The Morgan fingerprint density at radius 1 is 0.933 bits per heavy atom. The van der Waals surface area contributed by atoms with Gasteiger partial charge in [-0.05, 0) is 67.8 Å². The molecule has 0 unspecified atom stereocenters. The molecule has 0 bridgehead atoms. The number of carbonyl (C=O) groups excluding carboxylic acids is 1. The summed E-state index contributed by atoms with van der Waals surface area (Å²) >= 11 is 1.55. The third-order valence-electron chi connectivity index (χ3n) is 4.38. The van der Waals surface area contributed by atoms with Crippen LogP contribution in [0.4, 0.5) is 11.4 Å². The van der Waals surface area contributed by atoms with Crippen LogP contribution in [0.3, 0.4) is 0 Å². The molecule has 0 saturated heterocycles. The van der Waals surface area contributed by atoms with Crippen LogP contribution in [0.5, 0.6) is 5.75 Å². The highest BCUT2D eigenvalue weighted by atomic mass is 32.2. The smallest absolute Gasteiger partial charge is 0.261 e. The van der Waals surface area contributed by atoms with E-state index < -0.39 is 10.0 Å². The Morgan fingerprint density at radius 2 is 1.57 bits per heavy atom. The number of ether oxygens (including phenoxy) is 1. The second kappa shape index (κ2) is 9.23. The Labute approximate surface area is 180 Å². The molecule has 6 nitrogen and oxygen atoms in total. The molecule has 3 aromatic carbocycles. The fourth-order valence-electron chi connectivity index (χ4n) is 2.74. The third kappa shape index (κ3) is 5.14. The molecule has 0 radical (unpaired) electrons. The van der Waals surface area contributed by atoms with Crippen molar-refractivity contribution in [3.63, 3.8) is 0 Å². The van der Waals surface area contributed by atoms with Gasteiger partial charge in [-0.3, -0.25) is 9.52 Å². The first kappa shape index (κ1) is 21.7. The number of hydrogen-bond donors (Lipinski definition) is 2. The quantitative estimate of drug-likeness (QED) is 0.515. The second-order valence-electron chi connectivity index (χ2n) is 6.52. The fraction of sp³-hybridized carbons (Fsp3) is 0.136. The summed E-state index contributed by atoms with van der Waals surface area (Å²) in [6, 6.07) is 18.4. The second-order valence-corrected chi connectivity index (χ2v) is 9.08. The average Bonchev–Trinajstić information content (AvgIpc) is 2.75. The van der Waals surface area contributed by atoms with Crippen LogP contribution in [0.1, 0.15) is 15.9 Å². The lowest BCUT2D eigenvalue weighted by Crippen LogP contribution is -2.14. The monoisotopic (exact) mass is 442 g/mol. The lowest BCUT2D eigenvalue weighted by atomic mass is 10.2. The predicted octanol–water partition coefficient (Wildman–Crippen LogP) is 4.78. The van der Waals surface area contributed by atoms with Gasteiger partial charge in [0.1, 0.15) is 5.75 Å². The van der Waals surface area contributed by atoms with Crippen LogP contribution in [0.2, 0.25) is 0 Å². The van der Waals surface area contributed by atoms with Crippen LogP contribution in [0.15, 0.2) is 76.5 Å². The van der Waals surface area contributed by atoms with E-state index in [9.17, 15) is 13.2 Å². The summed E-state index contributed by atoms with van der Waals surface area (Å²) in [5.41, 5.74) is 2.40. The largest absolute Gasteiger partial charge is 0.496 e. The normalized spacial score (nSPS) is 11.0. The number of rotatable bonds is 7. The number of methoxy groups -OCH3 is 1. The van der Waals surface area contributed by atoms with Crippen molar-refractivity contribution in [3.8, 4) is 5.75 Å². The molecule has 156 valence electrons. The molecular weight excluding hydrogens is 420 g/mol. The summed E-state index contributed by atoms with van der Waals surface area (Å²) in [6.07, 6.45) is 1.94. The number of amides is 1. The van der Waals surface area contributed by atoms with E-state index in [0.29, 0.717) is 22.7 Å². The molecule has 30 heavy (non-hydrogen) atoms. The van der Waals surface area contributed by atoms with E-state index in [1.165, 1.54) is 19.2 Å².